The molecule has 139 heavy (non-hydrogen) atoms. The van der Waals surface area contributed by atoms with Crippen molar-refractivity contribution < 1.29 is 28.1 Å². The van der Waals surface area contributed by atoms with Crippen LogP contribution in [0.15, 0.2) is 132 Å². The quantitative estimate of drug-likeness (QED) is 0.0216. The summed E-state index contributed by atoms with van der Waals surface area (Å²) in [6, 6.07) is 38.1. The molecule has 3 saturated heterocycles. The molecule has 3 aliphatic heterocycles. The molecule has 0 amide bonds. The number of ether oxygens (including phenoxy) is 4. The second kappa shape index (κ2) is 64.5. The van der Waals surface area contributed by atoms with Gasteiger partial charge < -0.3 is 18.9 Å². The first-order chi connectivity index (χ1) is 67.5. The summed E-state index contributed by atoms with van der Waals surface area (Å²) >= 11 is 24.7. The minimum Gasteiger partial charge on any atom is -0.461 e. The van der Waals surface area contributed by atoms with Crippen LogP contribution < -0.4 is 5.79 Å². The smallest absolute Gasteiger partial charge is 0.351 e. The van der Waals surface area contributed by atoms with Crippen LogP contribution >= 0.6 is 168 Å². The predicted molar refractivity (Wildman–Crippen MR) is 646 cm³/mol. The van der Waals surface area contributed by atoms with Crippen molar-refractivity contribution in [2.45, 2.75) is 343 Å². The molecule has 5 atom stereocenters. The van der Waals surface area contributed by atoms with E-state index in [2.05, 4.69) is 284 Å². The van der Waals surface area contributed by atoms with Gasteiger partial charge in [0.15, 0.2) is 5.82 Å². The Kier molecular flexibility index (Phi) is 55.2. The van der Waals surface area contributed by atoms with Crippen molar-refractivity contribution in [3.05, 3.63) is 167 Å². The molecule has 2 aromatic carbocycles. The Morgan fingerprint density at radius 3 is 1.00 bits per heavy atom. The SMILES string of the molecule is C1CCOC1.C1CCOC1.C1CCOC1.CCCCC(CC)Cc1ccc(-c2c3c[c]([Sn]([CH3])([CH3])[CH3])sc3c(-c3ccc(CC(CC)CCCC)s3)c3c[c]([Sn]([CH3])([CH3])[CH3])sc23)s1.CCCCC(CC)Cc1ccc(-c2c3ccsc3c(-c3ccc(CC(CC)CCCC)s3)c3ccsc23)s1.CCCCC(CC)Cc1cccs1.CCCCCCCCOC(=O)c1sc2c(Br)sc(Br)c2c1F.c1ccsc1. The van der Waals surface area contributed by atoms with E-state index in [0.717, 1.165) is 108 Å². The number of thiophene rings is 12. The predicted octanol–water partition coefficient (Wildman–Crippen LogP) is 43.1. The van der Waals surface area contributed by atoms with Gasteiger partial charge in [0.1, 0.15) is 4.88 Å². The Morgan fingerprint density at radius 1 is 0.353 bits per heavy atom. The van der Waals surface area contributed by atoms with Crippen LogP contribution in [0.2, 0.25) is 29.6 Å². The number of benzene rings is 2. The molecule has 15 heterocycles. The van der Waals surface area contributed by atoms with Gasteiger partial charge in [0, 0.05) is 95.3 Å². The Morgan fingerprint density at radius 2 is 0.698 bits per heavy atom. The molecule has 14 aromatic rings. The molecule has 0 bridgehead atoms. The fourth-order valence-electron chi connectivity index (χ4n) is 18.1. The number of esters is 1. The number of fused-ring (bicyclic) bond motifs is 5. The van der Waals surface area contributed by atoms with Crippen LogP contribution in [0.5, 0.6) is 0 Å². The molecule has 764 valence electrons. The summed E-state index contributed by atoms with van der Waals surface area (Å²) < 4.78 is 46.1. The molecule has 0 spiro atoms. The molecule has 17 rings (SSSR count). The number of hydrogen-bond donors (Lipinski definition) is 0. The van der Waals surface area contributed by atoms with E-state index in [1.807, 2.05) is 79.6 Å². The van der Waals surface area contributed by atoms with Gasteiger partial charge in [-0.05, 0) is 183 Å². The summed E-state index contributed by atoms with van der Waals surface area (Å²) in [6.07, 6.45) is 47.3. The number of rotatable bonds is 44. The molecular weight excluding hydrogens is 2290 g/mol. The summed E-state index contributed by atoms with van der Waals surface area (Å²) in [7, 11) is 0. The number of carbonyl (C=O) groups excluding carboxylic acids is 1. The minimum atomic E-state index is -2.32. The average Bonchev–Trinajstić information content (AvgIpc) is 1.55. The summed E-state index contributed by atoms with van der Waals surface area (Å²) in [5.74, 6) is 3.11. The fraction of sp³-hybridized carbons (Fsp3) is 0.564. The van der Waals surface area contributed by atoms with Crippen LogP contribution in [0.25, 0.3) is 92.2 Å². The van der Waals surface area contributed by atoms with Crippen molar-refractivity contribution in [2.75, 3.05) is 46.2 Å². The zero-order valence-corrected chi connectivity index (χ0v) is 106. The third kappa shape index (κ3) is 37.3. The molecule has 5 nitrogen and oxygen atoms in total. The van der Waals surface area contributed by atoms with Crippen LogP contribution in [0.3, 0.4) is 0 Å². The molecular formula is C117H165Br2FO5S12Sn2. The number of halogens is 3. The van der Waals surface area contributed by atoms with Gasteiger partial charge in [-0.15, -0.1) is 79.4 Å². The van der Waals surface area contributed by atoms with Gasteiger partial charge in [-0.25, -0.2) is 9.18 Å². The maximum Gasteiger partial charge on any atom is 0.351 e. The van der Waals surface area contributed by atoms with Gasteiger partial charge in [-0.3, -0.25) is 0 Å². The molecule has 0 radical (unpaired) electrons. The standard InChI is InChI=1S/C34H42S4.C34H40S4.C15H17Br2FO2S2.C12H20S.3C4H8O.C4H4S.6CH3.2Sn/c2*1-5-9-11-23(7-3)21-25-13-15-29(37-25)31-27-17-19-36-34(27)32(28-18-20-35-33(28)31)30-16-14-26(38-30)22-24(8-4)12-10-6-2;1-2-3-4-5-6-7-8-20-15(19)12-10(18)9-11(21-12)14(17)22-13(9)16;1-3-5-7-11(4-2)10-12-8-6-9-13-12;4*1-2-4-5-3-1;;;;;;;;/h13-20,23-24H,5-12,21-22H2,1-4H3;13-18,23-24H,5-12,21-22H2,1-4H3;2-8H2,1H3;6,8-9,11H,3-5,7,10H2,1-2H3;3*1-4H2;1-4H;6*1H3;;. The van der Waals surface area contributed by atoms with E-state index in [0.29, 0.717) is 15.8 Å². The van der Waals surface area contributed by atoms with Crippen molar-refractivity contribution in [2.24, 2.45) is 29.6 Å². The van der Waals surface area contributed by atoms with Gasteiger partial charge in [-0.1, -0.05) is 190 Å². The molecule has 0 saturated carbocycles. The zero-order chi connectivity index (χ0) is 99.5. The second-order valence-electron chi connectivity index (χ2n) is 40.0. The van der Waals surface area contributed by atoms with Crippen molar-refractivity contribution in [1.29, 1.82) is 0 Å². The van der Waals surface area contributed by atoms with E-state index in [1.165, 1.54) is 280 Å². The molecule has 0 N–H and O–H groups in total. The van der Waals surface area contributed by atoms with Crippen LogP contribution in [-0.2, 0) is 51.1 Å². The Bertz CT molecular complexity index is 5320. The van der Waals surface area contributed by atoms with E-state index in [4.69, 9.17) is 18.9 Å². The van der Waals surface area contributed by atoms with Crippen molar-refractivity contribution in [3.8, 4) is 41.8 Å². The Labute approximate surface area is 911 Å². The normalized spacial score (nSPS) is 14.3. The van der Waals surface area contributed by atoms with Gasteiger partial charge in [0.05, 0.1) is 24.3 Å². The molecule has 22 heteroatoms. The summed E-state index contributed by atoms with van der Waals surface area (Å²) in [6.45, 7) is 31.9. The zero-order valence-electron chi connectivity index (χ0n) is 87.2. The molecule has 3 aliphatic rings. The third-order valence-electron chi connectivity index (χ3n) is 26.9. The number of hydrogen-bond acceptors (Lipinski definition) is 17. The Hall–Kier alpha value is -2.02. The van der Waals surface area contributed by atoms with Crippen LogP contribution in [-0.4, -0.2) is 89.0 Å². The van der Waals surface area contributed by atoms with Crippen molar-refractivity contribution in [1.82, 2.24) is 0 Å². The van der Waals surface area contributed by atoms with Gasteiger partial charge in [0.25, 0.3) is 0 Å². The Balaban J connectivity index is 0.000000189. The first kappa shape index (κ1) is 119. The molecule has 3 fully saturated rings. The topological polar surface area (TPSA) is 54.0 Å². The van der Waals surface area contributed by atoms with Crippen molar-refractivity contribution in [3.63, 3.8) is 0 Å². The van der Waals surface area contributed by atoms with E-state index >= 15 is 0 Å². The van der Waals surface area contributed by atoms with Gasteiger partial charge in [0.2, 0.25) is 0 Å². The van der Waals surface area contributed by atoms with Gasteiger partial charge >= 0.3 is 301 Å². The first-order valence-corrected chi connectivity index (χ1v) is 84.9. The molecule has 12 aromatic heterocycles. The van der Waals surface area contributed by atoms with E-state index in [1.54, 1.807) is 72.8 Å². The second-order valence-corrected chi connectivity index (χ2v) is 86.0. The van der Waals surface area contributed by atoms with E-state index < -0.39 is 48.5 Å². The average molecular weight is 2450 g/mol. The maximum atomic E-state index is 14.3. The van der Waals surface area contributed by atoms with Crippen molar-refractivity contribution >= 4 is 267 Å². The van der Waals surface area contributed by atoms with Crippen LogP contribution in [0, 0.1) is 35.4 Å². The first-order valence-electron chi connectivity index (χ1n) is 53.2. The summed E-state index contributed by atoms with van der Waals surface area (Å²) in [5.41, 5.74) is 6.04. The van der Waals surface area contributed by atoms with E-state index in [-0.39, 0.29) is 4.88 Å². The summed E-state index contributed by atoms with van der Waals surface area (Å²) in [5, 5.41) is 17.3. The minimum absolute atomic E-state index is 0.0604. The third-order valence-corrected chi connectivity index (χ3v) is 60.0. The largest absolute Gasteiger partial charge is 0.461 e. The maximum absolute atomic E-state index is 14.3. The molecule has 5 unspecified atom stereocenters. The fourth-order valence-corrected chi connectivity index (χ4v) is 43.6. The summed E-state index contributed by atoms with van der Waals surface area (Å²) in [4.78, 5) is 41.4. The van der Waals surface area contributed by atoms with Crippen LogP contribution in [0.1, 0.15) is 316 Å². The van der Waals surface area contributed by atoms with E-state index in [9.17, 15) is 9.18 Å². The number of carbonyl (C=O) groups is 1. The molecule has 0 aliphatic carbocycles. The monoisotopic (exact) mass is 2450 g/mol. The van der Waals surface area contributed by atoms with Gasteiger partial charge in [-0.2, -0.15) is 11.3 Å². The van der Waals surface area contributed by atoms with Crippen LogP contribution in [0.4, 0.5) is 4.39 Å². The number of unbranched alkanes of at least 4 members (excludes halogenated alkanes) is 10.